The van der Waals surface area contributed by atoms with E-state index < -0.39 is 0 Å². The van der Waals surface area contributed by atoms with Crippen LogP contribution in [0.2, 0.25) is 0 Å². The van der Waals surface area contributed by atoms with E-state index in [0.717, 1.165) is 21.3 Å². The molecule has 134 valence electrons. The number of amides is 1. The minimum atomic E-state index is 0.0424. The van der Waals surface area contributed by atoms with Gasteiger partial charge in [-0.05, 0) is 61.4 Å². The summed E-state index contributed by atoms with van der Waals surface area (Å²) in [6.45, 7) is 2.61. The van der Waals surface area contributed by atoms with E-state index in [4.69, 9.17) is 0 Å². The van der Waals surface area contributed by atoms with Crippen LogP contribution >= 0.6 is 11.8 Å². The van der Waals surface area contributed by atoms with Gasteiger partial charge in [0.2, 0.25) is 0 Å². The first kappa shape index (κ1) is 17.2. The van der Waals surface area contributed by atoms with Gasteiger partial charge in [-0.3, -0.25) is 9.69 Å². The van der Waals surface area contributed by atoms with Crippen LogP contribution in [0.3, 0.4) is 0 Å². The zero-order chi connectivity index (χ0) is 17.9. The Morgan fingerprint density at radius 1 is 1.19 bits per heavy atom. The van der Waals surface area contributed by atoms with E-state index in [1.165, 1.54) is 37.4 Å². The van der Waals surface area contributed by atoms with Crippen molar-refractivity contribution in [3.8, 4) is 0 Å². The fourth-order valence-corrected chi connectivity index (χ4v) is 4.64. The molecule has 0 atom stereocenters. The number of aliphatic imine (C=N–C) groups is 1. The number of amidine groups is 1. The normalized spacial score (nSPS) is 21.4. The van der Waals surface area contributed by atoms with Crippen LogP contribution in [0.5, 0.6) is 0 Å². The lowest BCUT2D eigenvalue weighted by molar-refractivity contribution is -0.122. The Hall–Kier alpha value is -2.27. The molecular weight excluding hydrogens is 342 g/mol. The third-order valence-electron chi connectivity index (χ3n) is 4.97. The number of para-hydroxylation sites is 1. The molecule has 1 amide bonds. The number of thioether (sulfide) groups is 1. The van der Waals surface area contributed by atoms with Crippen LogP contribution in [-0.2, 0) is 4.79 Å². The van der Waals surface area contributed by atoms with Crippen LogP contribution < -0.4 is 0 Å². The number of hydrogen-bond acceptors (Lipinski definition) is 3. The second-order valence-electron chi connectivity index (χ2n) is 6.72. The van der Waals surface area contributed by atoms with E-state index in [0.29, 0.717) is 12.6 Å². The summed E-state index contributed by atoms with van der Waals surface area (Å²) in [7, 11) is 0. The predicted molar refractivity (Wildman–Crippen MR) is 108 cm³/mol. The van der Waals surface area contributed by atoms with E-state index >= 15 is 0 Å². The average molecular weight is 366 g/mol. The van der Waals surface area contributed by atoms with Gasteiger partial charge in [-0.25, -0.2) is 4.99 Å². The first-order chi connectivity index (χ1) is 12.7. The summed E-state index contributed by atoms with van der Waals surface area (Å²) < 4.78 is 2.31. The second-order valence-corrected chi connectivity index (χ2v) is 7.73. The molecule has 4 rings (SSSR count). The van der Waals surface area contributed by atoms with E-state index in [1.807, 2.05) is 43.3 Å². The van der Waals surface area contributed by atoms with Crippen molar-refractivity contribution in [3.05, 3.63) is 59.3 Å². The minimum absolute atomic E-state index is 0.0424. The molecule has 1 aliphatic heterocycles. The van der Waals surface area contributed by atoms with Gasteiger partial charge in [0.1, 0.15) is 0 Å². The Morgan fingerprint density at radius 3 is 2.69 bits per heavy atom. The predicted octanol–water partition coefficient (Wildman–Crippen LogP) is 5.23. The number of aromatic nitrogens is 1. The summed E-state index contributed by atoms with van der Waals surface area (Å²) in [5, 5.41) is 0.755. The first-order valence-electron chi connectivity index (χ1n) is 9.27. The van der Waals surface area contributed by atoms with Gasteiger partial charge in [-0.1, -0.05) is 31.0 Å². The topological polar surface area (TPSA) is 37.6 Å². The third-order valence-corrected chi connectivity index (χ3v) is 5.97. The molecule has 1 aromatic carbocycles. The van der Waals surface area contributed by atoms with Crippen molar-refractivity contribution < 1.29 is 4.79 Å². The highest BCUT2D eigenvalue weighted by Crippen LogP contribution is 2.35. The highest BCUT2D eigenvalue weighted by molar-refractivity contribution is 8.18. The lowest BCUT2D eigenvalue weighted by Gasteiger charge is -2.11. The molecule has 1 saturated carbocycles. The van der Waals surface area contributed by atoms with Crippen molar-refractivity contribution in [3.63, 3.8) is 0 Å². The Morgan fingerprint density at radius 2 is 1.96 bits per heavy atom. The Balaban J connectivity index is 1.58. The van der Waals surface area contributed by atoms with E-state index in [1.54, 1.807) is 4.90 Å². The summed E-state index contributed by atoms with van der Waals surface area (Å²) in [5.41, 5.74) is 1.96. The summed E-state index contributed by atoms with van der Waals surface area (Å²) in [4.78, 5) is 19.9. The molecule has 0 spiro atoms. The SMILES string of the molecule is CCN1C(=O)/C(=C\c2ccn(C3CCCC3)c2)SC1=Nc1ccccc1. The van der Waals surface area contributed by atoms with Crippen LogP contribution in [0.1, 0.15) is 44.2 Å². The lowest BCUT2D eigenvalue weighted by Crippen LogP contribution is -2.28. The van der Waals surface area contributed by atoms with Gasteiger partial charge >= 0.3 is 0 Å². The van der Waals surface area contributed by atoms with Gasteiger partial charge in [0.25, 0.3) is 5.91 Å². The number of carbonyl (C=O) groups excluding carboxylic acids is 1. The van der Waals surface area contributed by atoms with Crippen molar-refractivity contribution in [1.82, 2.24) is 9.47 Å². The maximum absolute atomic E-state index is 12.8. The molecule has 4 nitrogen and oxygen atoms in total. The van der Waals surface area contributed by atoms with E-state index in [-0.39, 0.29) is 5.91 Å². The number of hydrogen-bond donors (Lipinski definition) is 0. The molecule has 2 fully saturated rings. The molecule has 0 N–H and O–H groups in total. The monoisotopic (exact) mass is 365 g/mol. The highest BCUT2D eigenvalue weighted by Gasteiger charge is 2.32. The maximum atomic E-state index is 12.8. The molecule has 1 saturated heterocycles. The molecule has 2 aliphatic rings. The average Bonchev–Trinajstić information content (AvgIpc) is 3.38. The molecule has 5 heteroatoms. The van der Waals surface area contributed by atoms with Crippen LogP contribution in [0.25, 0.3) is 6.08 Å². The largest absolute Gasteiger partial charge is 0.351 e. The molecule has 2 heterocycles. The number of nitrogens with zero attached hydrogens (tertiary/aromatic N) is 3. The number of rotatable bonds is 4. The summed E-state index contributed by atoms with van der Waals surface area (Å²) in [6.07, 6.45) is 11.5. The fraction of sp³-hybridized carbons (Fsp3) is 0.333. The van der Waals surface area contributed by atoms with Crippen LogP contribution in [0.15, 0.2) is 58.7 Å². The number of likely N-dealkylation sites (N-methyl/N-ethyl adjacent to an activating group) is 1. The van der Waals surface area contributed by atoms with Gasteiger partial charge in [-0.2, -0.15) is 0 Å². The number of carbonyl (C=O) groups is 1. The molecular formula is C21H23N3OS. The lowest BCUT2D eigenvalue weighted by atomic mass is 10.2. The zero-order valence-electron chi connectivity index (χ0n) is 15.0. The van der Waals surface area contributed by atoms with Crippen LogP contribution in [0.4, 0.5) is 5.69 Å². The van der Waals surface area contributed by atoms with Crippen molar-refractivity contribution >= 4 is 34.6 Å². The van der Waals surface area contributed by atoms with Crippen LogP contribution in [-0.4, -0.2) is 27.1 Å². The number of benzene rings is 1. The fourth-order valence-electron chi connectivity index (χ4n) is 3.58. The third kappa shape index (κ3) is 3.49. The van der Waals surface area contributed by atoms with Crippen molar-refractivity contribution in [1.29, 1.82) is 0 Å². The van der Waals surface area contributed by atoms with Gasteiger partial charge in [0.15, 0.2) is 5.17 Å². The first-order valence-corrected chi connectivity index (χ1v) is 10.1. The molecule has 2 aromatic rings. The Kier molecular flexibility index (Phi) is 4.98. The summed E-state index contributed by atoms with van der Waals surface area (Å²) in [6, 6.07) is 12.5. The summed E-state index contributed by atoms with van der Waals surface area (Å²) >= 11 is 1.46. The van der Waals surface area contributed by atoms with Crippen molar-refractivity contribution in [2.75, 3.05) is 6.54 Å². The molecule has 26 heavy (non-hydrogen) atoms. The quantitative estimate of drug-likeness (QED) is 0.696. The van der Waals surface area contributed by atoms with Gasteiger partial charge in [0.05, 0.1) is 10.6 Å². The smallest absolute Gasteiger partial charge is 0.266 e. The maximum Gasteiger partial charge on any atom is 0.266 e. The molecule has 0 radical (unpaired) electrons. The van der Waals surface area contributed by atoms with Gasteiger partial charge < -0.3 is 4.57 Å². The second kappa shape index (κ2) is 7.54. The highest BCUT2D eigenvalue weighted by atomic mass is 32.2. The molecule has 0 bridgehead atoms. The van der Waals surface area contributed by atoms with E-state index in [2.05, 4.69) is 28.0 Å². The summed E-state index contributed by atoms with van der Waals surface area (Å²) in [5.74, 6) is 0.0424. The van der Waals surface area contributed by atoms with Crippen molar-refractivity contribution in [2.24, 2.45) is 4.99 Å². The van der Waals surface area contributed by atoms with Gasteiger partial charge in [0, 0.05) is 25.0 Å². The van der Waals surface area contributed by atoms with Crippen molar-refractivity contribution in [2.45, 2.75) is 38.6 Å². The molecule has 0 unspecified atom stereocenters. The molecule has 1 aromatic heterocycles. The minimum Gasteiger partial charge on any atom is -0.351 e. The molecule has 1 aliphatic carbocycles. The standard InChI is InChI=1S/C21H23N3OS/c1-2-24-20(25)19(26-21(24)22-17-8-4-3-5-9-17)14-16-12-13-23(15-16)18-10-6-7-11-18/h3-5,8-9,12-15,18H,2,6-7,10-11H2,1H3/b19-14+,22-21?. The zero-order valence-corrected chi connectivity index (χ0v) is 15.8. The van der Waals surface area contributed by atoms with E-state index in [9.17, 15) is 4.79 Å². The van der Waals surface area contributed by atoms with Gasteiger partial charge in [-0.15, -0.1) is 0 Å². The Labute approximate surface area is 158 Å². The Bertz CT molecular complexity index is 847. The van der Waals surface area contributed by atoms with Crippen LogP contribution in [0, 0.1) is 0 Å².